The maximum Gasteiger partial charge on any atom is 0.251 e. The zero-order chi connectivity index (χ0) is 21.0. The van der Waals surface area contributed by atoms with E-state index < -0.39 is 0 Å². The Kier molecular flexibility index (Phi) is 6.52. The van der Waals surface area contributed by atoms with Gasteiger partial charge in [-0.05, 0) is 39.0 Å². The van der Waals surface area contributed by atoms with E-state index in [0.29, 0.717) is 37.7 Å². The van der Waals surface area contributed by atoms with Crippen LogP contribution in [0.2, 0.25) is 0 Å². The quantitative estimate of drug-likeness (QED) is 0.759. The molecule has 1 saturated heterocycles. The molecule has 0 radical (unpaired) electrons. The third-order valence-electron chi connectivity index (χ3n) is 4.94. The number of nitrogens with one attached hydrogen (secondary N) is 1. The summed E-state index contributed by atoms with van der Waals surface area (Å²) in [7, 11) is 0. The number of carbonyl (C=O) groups is 2. The lowest BCUT2D eigenvalue weighted by Gasteiger charge is -2.34. The summed E-state index contributed by atoms with van der Waals surface area (Å²) >= 11 is 3.32. The van der Waals surface area contributed by atoms with Gasteiger partial charge in [-0.1, -0.05) is 32.9 Å². The lowest BCUT2D eigenvalue weighted by Crippen LogP contribution is -2.51. The second-order valence-electron chi connectivity index (χ2n) is 8.08. The lowest BCUT2D eigenvalue weighted by atomic mass is 9.87. The van der Waals surface area contributed by atoms with Crippen LogP contribution in [0.1, 0.15) is 36.7 Å². The Morgan fingerprint density at radius 2 is 1.62 bits per heavy atom. The van der Waals surface area contributed by atoms with Crippen LogP contribution >= 0.6 is 15.9 Å². The molecule has 1 aliphatic heterocycles. The maximum atomic E-state index is 12.5. The van der Waals surface area contributed by atoms with Crippen LogP contribution in [0, 0.1) is 0 Å². The highest BCUT2D eigenvalue weighted by Gasteiger charge is 2.23. The Labute approximate surface area is 179 Å². The second-order valence-corrected chi connectivity index (χ2v) is 8.99. The van der Waals surface area contributed by atoms with E-state index in [9.17, 15) is 9.59 Å². The Balaban J connectivity index is 1.47. The van der Waals surface area contributed by atoms with Gasteiger partial charge in [-0.15, -0.1) is 0 Å². The number of piperazine rings is 1. The summed E-state index contributed by atoms with van der Waals surface area (Å²) in [4.78, 5) is 37.2. The summed E-state index contributed by atoms with van der Waals surface area (Å²) in [6.45, 7) is 8.86. The van der Waals surface area contributed by atoms with Gasteiger partial charge in [0.15, 0.2) is 0 Å². The van der Waals surface area contributed by atoms with Crippen LogP contribution in [0.4, 0.5) is 5.95 Å². The van der Waals surface area contributed by atoms with E-state index in [1.807, 2.05) is 17.0 Å². The van der Waals surface area contributed by atoms with Gasteiger partial charge in [-0.25, -0.2) is 9.97 Å². The fourth-order valence-electron chi connectivity index (χ4n) is 3.12. The van der Waals surface area contributed by atoms with Crippen LogP contribution in [0.5, 0.6) is 0 Å². The summed E-state index contributed by atoms with van der Waals surface area (Å²) in [6, 6.07) is 7.52. The minimum absolute atomic E-state index is 0.00532. The highest BCUT2D eigenvalue weighted by molar-refractivity contribution is 9.10. The van der Waals surface area contributed by atoms with Crippen molar-refractivity contribution < 1.29 is 9.59 Å². The second kappa shape index (κ2) is 8.90. The first-order valence-electron chi connectivity index (χ1n) is 9.63. The number of aromatic nitrogens is 2. The molecule has 2 amide bonds. The highest BCUT2D eigenvalue weighted by Crippen LogP contribution is 2.22. The minimum Gasteiger partial charge on any atom is -0.343 e. The molecule has 0 unspecified atom stereocenters. The molecule has 7 nitrogen and oxygen atoms in total. The molecule has 1 N–H and O–H groups in total. The molecule has 0 atom stereocenters. The van der Waals surface area contributed by atoms with Crippen molar-refractivity contribution in [2.45, 2.75) is 26.2 Å². The van der Waals surface area contributed by atoms with E-state index in [1.54, 1.807) is 29.4 Å². The van der Waals surface area contributed by atoms with Crippen LogP contribution in [0.3, 0.4) is 0 Å². The van der Waals surface area contributed by atoms with Gasteiger partial charge in [0.25, 0.3) is 5.91 Å². The molecule has 0 aliphatic carbocycles. The highest BCUT2D eigenvalue weighted by atomic mass is 79.9. The topological polar surface area (TPSA) is 78.4 Å². The number of hydrogen-bond donors (Lipinski definition) is 1. The molecule has 1 aromatic heterocycles. The normalized spacial score (nSPS) is 14.6. The third kappa shape index (κ3) is 5.53. The van der Waals surface area contributed by atoms with Gasteiger partial charge in [0.2, 0.25) is 11.9 Å². The Hall–Kier alpha value is -2.48. The molecular weight excluding hydrogens is 434 g/mol. The average Bonchev–Trinajstić information content (AvgIpc) is 2.72. The van der Waals surface area contributed by atoms with E-state index in [1.165, 1.54) is 0 Å². The van der Waals surface area contributed by atoms with Crippen molar-refractivity contribution >= 4 is 33.7 Å². The summed E-state index contributed by atoms with van der Waals surface area (Å²) in [6.07, 6.45) is 3.42. The molecule has 2 aromatic rings. The number of halogens is 1. The SMILES string of the molecule is CC(C)(C)c1ccc(C(=O)NCC(=O)N2CCN(c3ncc(Br)cn3)CC2)cc1. The van der Waals surface area contributed by atoms with Gasteiger partial charge in [-0.2, -0.15) is 0 Å². The molecule has 8 heteroatoms. The van der Waals surface area contributed by atoms with Gasteiger partial charge >= 0.3 is 0 Å². The van der Waals surface area contributed by atoms with Gasteiger partial charge in [-0.3, -0.25) is 9.59 Å². The first-order chi connectivity index (χ1) is 13.7. The molecule has 0 spiro atoms. The van der Waals surface area contributed by atoms with Crippen molar-refractivity contribution in [1.82, 2.24) is 20.2 Å². The van der Waals surface area contributed by atoms with Crippen molar-refractivity contribution in [1.29, 1.82) is 0 Å². The number of rotatable bonds is 4. The van der Waals surface area contributed by atoms with Crippen molar-refractivity contribution in [3.05, 3.63) is 52.3 Å². The molecule has 3 rings (SSSR count). The Morgan fingerprint density at radius 1 is 1.03 bits per heavy atom. The van der Waals surface area contributed by atoms with E-state index in [-0.39, 0.29) is 23.8 Å². The van der Waals surface area contributed by atoms with Crippen molar-refractivity contribution in [2.75, 3.05) is 37.6 Å². The minimum atomic E-state index is -0.235. The molecule has 0 bridgehead atoms. The predicted molar refractivity (Wildman–Crippen MR) is 116 cm³/mol. The van der Waals surface area contributed by atoms with E-state index >= 15 is 0 Å². The van der Waals surface area contributed by atoms with Gasteiger partial charge in [0, 0.05) is 44.1 Å². The van der Waals surface area contributed by atoms with Crippen LogP contribution < -0.4 is 10.2 Å². The first-order valence-corrected chi connectivity index (χ1v) is 10.4. The van der Waals surface area contributed by atoms with Crippen LogP contribution in [-0.2, 0) is 10.2 Å². The summed E-state index contributed by atoms with van der Waals surface area (Å²) in [5, 5.41) is 2.73. The molecule has 1 aliphatic rings. The smallest absolute Gasteiger partial charge is 0.251 e. The zero-order valence-corrected chi connectivity index (χ0v) is 18.6. The fourth-order valence-corrected chi connectivity index (χ4v) is 3.32. The molecule has 2 heterocycles. The number of nitrogens with zero attached hydrogens (tertiary/aromatic N) is 4. The molecule has 1 aromatic carbocycles. The van der Waals surface area contributed by atoms with Gasteiger partial charge in [0.05, 0.1) is 11.0 Å². The van der Waals surface area contributed by atoms with E-state index in [4.69, 9.17) is 0 Å². The van der Waals surface area contributed by atoms with Gasteiger partial charge in [0.1, 0.15) is 0 Å². The van der Waals surface area contributed by atoms with E-state index in [0.717, 1.165) is 10.0 Å². The summed E-state index contributed by atoms with van der Waals surface area (Å²) in [5.74, 6) is 0.342. The molecule has 154 valence electrons. The number of hydrogen-bond acceptors (Lipinski definition) is 5. The molecular formula is C21H26BrN5O2. The number of benzene rings is 1. The zero-order valence-electron chi connectivity index (χ0n) is 17.0. The van der Waals surface area contributed by atoms with Crippen LogP contribution in [-0.4, -0.2) is 59.4 Å². The largest absolute Gasteiger partial charge is 0.343 e. The molecule has 0 saturated carbocycles. The Bertz CT molecular complexity index is 854. The fraction of sp³-hybridized carbons (Fsp3) is 0.429. The number of amides is 2. The van der Waals surface area contributed by atoms with E-state index in [2.05, 4.69) is 52.0 Å². The Morgan fingerprint density at radius 3 is 2.17 bits per heavy atom. The monoisotopic (exact) mass is 459 g/mol. The number of anilines is 1. The first kappa shape index (κ1) is 21.2. The lowest BCUT2D eigenvalue weighted by molar-refractivity contribution is -0.130. The van der Waals surface area contributed by atoms with Crippen molar-refractivity contribution in [3.63, 3.8) is 0 Å². The standard InChI is InChI=1S/C21H26BrN5O2/c1-21(2,3)16-6-4-15(5-7-16)19(29)23-14-18(28)26-8-10-27(11-9-26)20-24-12-17(22)13-25-20/h4-7,12-13H,8-11,14H2,1-3H3,(H,23,29). The van der Waals surface area contributed by atoms with Crippen LogP contribution in [0.15, 0.2) is 41.1 Å². The number of carbonyl (C=O) groups excluding carboxylic acids is 2. The van der Waals surface area contributed by atoms with Gasteiger partial charge < -0.3 is 15.1 Å². The summed E-state index contributed by atoms with van der Waals surface area (Å²) in [5.41, 5.74) is 1.76. The van der Waals surface area contributed by atoms with Crippen LogP contribution in [0.25, 0.3) is 0 Å². The third-order valence-corrected chi connectivity index (χ3v) is 5.34. The summed E-state index contributed by atoms with van der Waals surface area (Å²) < 4.78 is 0.832. The van der Waals surface area contributed by atoms with Crippen molar-refractivity contribution in [2.24, 2.45) is 0 Å². The average molecular weight is 460 g/mol. The molecule has 1 fully saturated rings. The molecule has 29 heavy (non-hydrogen) atoms. The predicted octanol–water partition coefficient (Wildman–Crippen LogP) is 2.62. The maximum absolute atomic E-state index is 12.5. The van der Waals surface area contributed by atoms with Crippen molar-refractivity contribution in [3.8, 4) is 0 Å².